The zero-order valence-corrected chi connectivity index (χ0v) is 18.2. The smallest absolute Gasteiger partial charge is 0.324 e. The standard InChI is InChI=1S/C23H28N6O3/c1-16-6-3-11-24-22(16)27-19-9-2-8-18(26-19)17-7-4-12-28(15-17)20(30)10-5-13-29-21(31)14-25-23(29)32/h2-3,6,8-9,11,17H,4-5,7,10,12-15H2,1H3,(H,25,32)(H,24,26,27). The molecule has 168 valence electrons. The third kappa shape index (κ3) is 5.04. The van der Waals surface area contributed by atoms with Gasteiger partial charge in [0.2, 0.25) is 11.8 Å². The first-order valence-electron chi connectivity index (χ1n) is 11.0. The molecule has 2 N–H and O–H groups in total. The molecule has 0 aromatic carbocycles. The molecule has 2 aliphatic heterocycles. The van der Waals surface area contributed by atoms with Crippen molar-refractivity contribution in [2.45, 2.75) is 38.5 Å². The number of hydrogen-bond donors (Lipinski definition) is 2. The Bertz CT molecular complexity index is 995. The number of amides is 4. The molecule has 2 fully saturated rings. The lowest BCUT2D eigenvalue weighted by Crippen LogP contribution is -2.40. The molecule has 2 aliphatic rings. The van der Waals surface area contributed by atoms with Crippen molar-refractivity contribution >= 4 is 29.5 Å². The van der Waals surface area contributed by atoms with Crippen LogP contribution in [0.3, 0.4) is 0 Å². The van der Waals surface area contributed by atoms with Gasteiger partial charge in [0.15, 0.2) is 0 Å². The quantitative estimate of drug-likeness (QED) is 0.646. The Hall–Kier alpha value is -3.49. The fourth-order valence-electron chi connectivity index (χ4n) is 4.16. The van der Waals surface area contributed by atoms with E-state index in [4.69, 9.17) is 4.98 Å². The molecule has 2 aromatic rings. The highest BCUT2D eigenvalue weighted by Crippen LogP contribution is 2.27. The summed E-state index contributed by atoms with van der Waals surface area (Å²) in [6, 6.07) is 9.42. The van der Waals surface area contributed by atoms with E-state index in [9.17, 15) is 14.4 Å². The molecule has 1 unspecified atom stereocenters. The van der Waals surface area contributed by atoms with Crippen molar-refractivity contribution in [3.05, 3.63) is 47.8 Å². The number of nitrogens with one attached hydrogen (secondary N) is 2. The van der Waals surface area contributed by atoms with Crippen molar-refractivity contribution in [3.63, 3.8) is 0 Å². The van der Waals surface area contributed by atoms with Gasteiger partial charge in [-0.2, -0.15) is 0 Å². The summed E-state index contributed by atoms with van der Waals surface area (Å²) in [5, 5.41) is 5.77. The van der Waals surface area contributed by atoms with Crippen molar-refractivity contribution in [1.29, 1.82) is 0 Å². The fraction of sp³-hybridized carbons (Fsp3) is 0.435. The Balaban J connectivity index is 1.33. The summed E-state index contributed by atoms with van der Waals surface area (Å²) >= 11 is 0. The summed E-state index contributed by atoms with van der Waals surface area (Å²) in [4.78, 5) is 48.2. The van der Waals surface area contributed by atoms with Gasteiger partial charge in [-0.3, -0.25) is 14.5 Å². The number of piperidine rings is 1. The van der Waals surface area contributed by atoms with Crippen LogP contribution in [0.25, 0.3) is 0 Å². The molecule has 2 saturated heterocycles. The van der Waals surface area contributed by atoms with Gasteiger partial charge in [0.25, 0.3) is 0 Å². The Morgan fingerprint density at radius 1 is 1.25 bits per heavy atom. The zero-order valence-electron chi connectivity index (χ0n) is 18.2. The summed E-state index contributed by atoms with van der Waals surface area (Å²) in [6.45, 7) is 3.66. The molecule has 0 saturated carbocycles. The van der Waals surface area contributed by atoms with Crippen LogP contribution in [0.1, 0.15) is 42.9 Å². The van der Waals surface area contributed by atoms with Gasteiger partial charge in [0, 0.05) is 43.9 Å². The molecule has 1 atom stereocenters. The maximum absolute atomic E-state index is 12.7. The van der Waals surface area contributed by atoms with Gasteiger partial charge < -0.3 is 15.5 Å². The molecule has 4 heterocycles. The van der Waals surface area contributed by atoms with Crippen LogP contribution in [0.4, 0.5) is 16.4 Å². The molecule has 0 bridgehead atoms. The number of aryl methyl sites for hydroxylation is 1. The van der Waals surface area contributed by atoms with Gasteiger partial charge in [-0.1, -0.05) is 12.1 Å². The van der Waals surface area contributed by atoms with E-state index < -0.39 is 0 Å². The summed E-state index contributed by atoms with van der Waals surface area (Å²) in [7, 11) is 0. The Morgan fingerprint density at radius 3 is 2.91 bits per heavy atom. The lowest BCUT2D eigenvalue weighted by Gasteiger charge is -2.33. The van der Waals surface area contributed by atoms with E-state index >= 15 is 0 Å². The van der Waals surface area contributed by atoms with Crippen molar-refractivity contribution in [1.82, 2.24) is 25.1 Å². The SMILES string of the molecule is Cc1cccnc1Nc1cccc(C2CCCN(C(=O)CCCN3C(=O)CNC3=O)C2)n1. The molecule has 0 radical (unpaired) electrons. The number of urea groups is 1. The monoisotopic (exact) mass is 436 g/mol. The normalized spacial score (nSPS) is 18.6. The van der Waals surface area contributed by atoms with E-state index in [1.807, 2.05) is 42.2 Å². The van der Waals surface area contributed by atoms with Crippen LogP contribution in [-0.2, 0) is 9.59 Å². The van der Waals surface area contributed by atoms with E-state index in [2.05, 4.69) is 15.6 Å². The highest BCUT2D eigenvalue weighted by molar-refractivity contribution is 6.01. The van der Waals surface area contributed by atoms with E-state index in [1.165, 1.54) is 4.90 Å². The van der Waals surface area contributed by atoms with Crippen molar-refractivity contribution in [2.75, 3.05) is 31.5 Å². The van der Waals surface area contributed by atoms with Crippen LogP contribution >= 0.6 is 0 Å². The van der Waals surface area contributed by atoms with E-state index in [0.717, 1.165) is 42.3 Å². The summed E-state index contributed by atoms with van der Waals surface area (Å²) in [5.41, 5.74) is 2.00. The van der Waals surface area contributed by atoms with Crippen LogP contribution in [0.5, 0.6) is 0 Å². The van der Waals surface area contributed by atoms with E-state index in [0.29, 0.717) is 19.4 Å². The molecule has 4 rings (SSSR count). The summed E-state index contributed by atoms with van der Waals surface area (Å²) in [6.07, 6.45) is 4.43. The highest BCUT2D eigenvalue weighted by Gasteiger charge is 2.29. The predicted octanol–water partition coefficient (Wildman–Crippen LogP) is 2.57. The first-order valence-corrected chi connectivity index (χ1v) is 11.0. The van der Waals surface area contributed by atoms with Gasteiger partial charge in [0.05, 0.1) is 6.54 Å². The minimum absolute atomic E-state index is 0.0431. The number of likely N-dealkylation sites (tertiary alicyclic amines) is 1. The Morgan fingerprint density at radius 2 is 2.12 bits per heavy atom. The third-order valence-electron chi connectivity index (χ3n) is 5.93. The summed E-state index contributed by atoms with van der Waals surface area (Å²) < 4.78 is 0. The number of pyridine rings is 2. The number of imide groups is 1. The van der Waals surface area contributed by atoms with Gasteiger partial charge in [0.1, 0.15) is 11.6 Å². The number of nitrogens with zero attached hydrogens (tertiary/aromatic N) is 4. The predicted molar refractivity (Wildman–Crippen MR) is 119 cm³/mol. The average Bonchev–Trinajstić information content (AvgIpc) is 3.13. The fourth-order valence-corrected chi connectivity index (χ4v) is 4.16. The van der Waals surface area contributed by atoms with Crippen LogP contribution in [0.2, 0.25) is 0 Å². The van der Waals surface area contributed by atoms with Crippen LogP contribution in [0, 0.1) is 6.92 Å². The van der Waals surface area contributed by atoms with Crippen molar-refractivity contribution < 1.29 is 14.4 Å². The number of anilines is 2. The molecule has 0 aliphatic carbocycles. The first-order chi connectivity index (χ1) is 15.5. The molecule has 9 nitrogen and oxygen atoms in total. The zero-order chi connectivity index (χ0) is 22.5. The van der Waals surface area contributed by atoms with Crippen LogP contribution < -0.4 is 10.6 Å². The number of hydrogen-bond acceptors (Lipinski definition) is 6. The van der Waals surface area contributed by atoms with Crippen molar-refractivity contribution in [2.24, 2.45) is 0 Å². The second-order valence-electron chi connectivity index (χ2n) is 8.23. The van der Waals surface area contributed by atoms with Crippen molar-refractivity contribution in [3.8, 4) is 0 Å². The number of carbonyl (C=O) groups is 3. The number of rotatable bonds is 7. The van der Waals surface area contributed by atoms with E-state index in [1.54, 1.807) is 6.20 Å². The van der Waals surface area contributed by atoms with Crippen LogP contribution in [0.15, 0.2) is 36.5 Å². The average molecular weight is 437 g/mol. The minimum Gasteiger partial charge on any atom is -0.342 e. The Kier molecular flexibility index (Phi) is 6.63. The second-order valence-corrected chi connectivity index (χ2v) is 8.23. The number of aromatic nitrogens is 2. The second kappa shape index (κ2) is 9.76. The van der Waals surface area contributed by atoms with Gasteiger partial charge in [-0.05, 0) is 49.9 Å². The Labute approximate surface area is 187 Å². The first kappa shape index (κ1) is 21.7. The lowest BCUT2D eigenvalue weighted by molar-refractivity contribution is -0.133. The molecular weight excluding hydrogens is 408 g/mol. The largest absolute Gasteiger partial charge is 0.342 e. The summed E-state index contributed by atoms with van der Waals surface area (Å²) in [5.74, 6) is 1.51. The topological polar surface area (TPSA) is 108 Å². The molecule has 4 amide bonds. The van der Waals surface area contributed by atoms with Gasteiger partial charge in [-0.25, -0.2) is 14.8 Å². The number of carbonyl (C=O) groups excluding carboxylic acids is 3. The molecule has 0 spiro atoms. The minimum atomic E-state index is -0.374. The van der Waals surface area contributed by atoms with Gasteiger partial charge in [-0.15, -0.1) is 0 Å². The van der Waals surface area contributed by atoms with E-state index in [-0.39, 0.29) is 36.9 Å². The molecule has 2 aromatic heterocycles. The molecular formula is C23H28N6O3. The maximum atomic E-state index is 12.7. The maximum Gasteiger partial charge on any atom is 0.324 e. The third-order valence-corrected chi connectivity index (χ3v) is 5.93. The van der Waals surface area contributed by atoms with Gasteiger partial charge >= 0.3 is 6.03 Å². The van der Waals surface area contributed by atoms with Crippen LogP contribution in [-0.4, -0.2) is 63.8 Å². The molecule has 9 heteroatoms. The highest BCUT2D eigenvalue weighted by atomic mass is 16.2. The lowest BCUT2D eigenvalue weighted by atomic mass is 9.94. The molecule has 32 heavy (non-hydrogen) atoms.